The fraction of sp³-hybridized carbons (Fsp3) is 0.833. The predicted molar refractivity (Wildman–Crippen MR) is 66.2 cm³/mol. The van der Waals surface area contributed by atoms with Crippen molar-refractivity contribution in [3.63, 3.8) is 0 Å². The molecule has 0 radical (unpaired) electrons. The molecule has 0 saturated heterocycles. The molecule has 7 heteroatoms. The van der Waals surface area contributed by atoms with Crippen LogP contribution in [0, 0.1) is 11.8 Å². The Morgan fingerprint density at radius 1 is 0.842 bits per heavy atom. The van der Waals surface area contributed by atoms with Crippen LogP contribution < -0.4 is 0 Å². The van der Waals surface area contributed by atoms with Crippen molar-refractivity contribution >= 4 is 11.9 Å². The number of aliphatic hydroxyl groups excluding tert-OH is 2. The summed E-state index contributed by atoms with van der Waals surface area (Å²) in [6.45, 7) is 7.10. The molecule has 0 aliphatic heterocycles. The van der Waals surface area contributed by atoms with Crippen molar-refractivity contribution in [3.05, 3.63) is 0 Å². The standard InChI is InChI=1S/2C6H12O3.Zn/c2*1-3-4(2)5(7)6(8)9;/h2*4-5,7H,3H2,1-2H3,(H,8,9);. The van der Waals surface area contributed by atoms with Crippen LogP contribution >= 0.6 is 0 Å². The van der Waals surface area contributed by atoms with Crippen LogP contribution in [0.3, 0.4) is 0 Å². The molecule has 0 aromatic carbocycles. The molecule has 0 spiro atoms. The first-order valence-electron chi connectivity index (χ1n) is 6.00. The molecule has 6 nitrogen and oxygen atoms in total. The van der Waals surface area contributed by atoms with Gasteiger partial charge in [-0.3, -0.25) is 0 Å². The summed E-state index contributed by atoms with van der Waals surface area (Å²) >= 11 is 0. The number of carboxylic acid groups (broad SMARTS) is 2. The Morgan fingerprint density at radius 3 is 1.11 bits per heavy atom. The normalized spacial score (nSPS) is 15.9. The monoisotopic (exact) mass is 328 g/mol. The van der Waals surface area contributed by atoms with Crippen molar-refractivity contribution in [3.8, 4) is 0 Å². The Morgan fingerprint density at radius 2 is 1.05 bits per heavy atom. The SMILES string of the molecule is CCC(C)C(O)C(=O)O.CCC(C)C(O)C(=O)O.[Zn]. The van der Waals surface area contributed by atoms with Gasteiger partial charge in [-0.25, -0.2) is 9.59 Å². The first-order chi connectivity index (χ1) is 8.18. The van der Waals surface area contributed by atoms with Crippen LogP contribution in [0.15, 0.2) is 0 Å². The van der Waals surface area contributed by atoms with E-state index in [9.17, 15) is 9.59 Å². The molecule has 0 saturated carbocycles. The molecule has 0 fully saturated rings. The Hall–Kier alpha value is -0.517. The van der Waals surface area contributed by atoms with Gasteiger partial charge in [0.2, 0.25) is 0 Å². The molecule has 19 heavy (non-hydrogen) atoms. The van der Waals surface area contributed by atoms with Gasteiger partial charge in [0.05, 0.1) is 0 Å². The second kappa shape index (κ2) is 12.5. The van der Waals surface area contributed by atoms with Crippen LogP contribution in [0.4, 0.5) is 0 Å². The number of rotatable bonds is 6. The van der Waals surface area contributed by atoms with E-state index in [0.29, 0.717) is 12.8 Å². The summed E-state index contributed by atoms with van der Waals surface area (Å²) in [5, 5.41) is 34.1. The van der Waals surface area contributed by atoms with E-state index in [1.54, 1.807) is 13.8 Å². The van der Waals surface area contributed by atoms with Gasteiger partial charge >= 0.3 is 11.9 Å². The fourth-order valence-corrected chi connectivity index (χ4v) is 0.933. The van der Waals surface area contributed by atoms with Gasteiger partial charge in [0.25, 0.3) is 0 Å². The smallest absolute Gasteiger partial charge is 0.332 e. The van der Waals surface area contributed by atoms with Crippen molar-refractivity contribution in [1.29, 1.82) is 0 Å². The van der Waals surface area contributed by atoms with E-state index in [2.05, 4.69) is 0 Å². The van der Waals surface area contributed by atoms with E-state index < -0.39 is 24.1 Å². The summed E-state index contributed by atoms with van der Waals surface area (Å²) in [5.74, 6) is -2.57. The summed E-state index contributed by atoms with van der Waals surface area (Å²) < 4.78 is 0. The molecule has 110 valence electrons. The largest absolute Gasteiger partial charge is 0.479 e. The second-order valence-corrected chi connectivity index (χ2v) is 4.34. The molecule has 4 N–H and O–H groups in total. The van der Waals surface area contributed by atoms with Crippen LogP contribution in [0.2, 0.25) is 0 Å². The van der Waals surface area contributed by atoms with E-state index in [1.165, 1.54) is 0 Å². The summed E-state index contributed by atoms with van der Waals surface area (Å²) in [4.78, 5) is 20.1. The van der Waals surface area contributed by atoms with Crippen LogP contribution in [0.1, 0.15) is 40.5 Å². The molecule has 0 amide bonds. The van der Waals surface area contributed by atoms with Crippen molar-refractivity contribution in [2.45, 2.75) is 52.7 Å². The molecular weight excluding hydrogens is 306 g/mol. The van der Waals surface area contributed by atoms with Gasteiger partial charge in [0, 0.05) is 19.5 Å². The third-order valence-electron chi connectivity index (χ3n) is 2.87. The van der Waals surface area contributed by atoms with Crippen molar-refractivity contribution in [1.82, 2.24) is 0 Å². The Bertz CT molecular complexity index is 233. The predicted octanol–water partition coefficient (Wildman–Crippen LogP) is 0.954. The van der Waals surface area contributed by atoms with Gasteiger partial charge in [0.1, 0.15) is 0 Å². The molecule has 0 heterocycles. The van der Waals surface area contributed by atoms with Gasteiger partial charge in [-0.15, -0.1) is 0 Å². The third kappa shape index (κ3) is 11.0. The minimum Gasteiger partial charge on any atom is -0.479 e. The number of carbonyl (C=O) groups is 2. The average molecular weight is 330 g/mol. The Labute approximate surface area is 126 Å². The summed E-state index contributed by atoms with van der Waals surface area (Å²) in [7, 11) is 0. The quantitative estimate of drug-likeness (QED) is 0.539. The number of aliphatic hydroxyl groups is 2. The van der Waals surface area contributed by atoms with Gasteiger partial charge in [-0.05, 0) is 11.8 Å². The Kier molecular flexibility index (Phi) is 15.5. The minimum absolute atomic E-state index is 0. The number of hydrogen-bond donors (Lipinski definition) is 4. The molecule has 0 aliphatic rings. The van der Waals surface area contributed by atoms with E-state index in [1.807, 2.05) is 13.8 Å². The molecule has 4 unspecified atom stereocenters. The Balaban J connectivity index is -0.000000256. The third-order valence-corrected chi connectivity index (χ3v) is 2.87. The maximum Gasteiger partial charge on any atom is 0.332 e. The molecule has 0 aliphatic carbocycles. The number of aliphatic carboxylic acids is 2. The van der Waals surface area contributed by atoms with Gasteiger partial charge in [-0.2, -0.15) is 0 Å². The molecule has 0 aromatic heterocycles. The first kappa shape index (κ1) is 23.6. The summed E-state index contributed by atoms with van der Waals surface area (Å²) in [6, 6.07) is 0. The first-order valence-corrected chi connectivity index (χ1v) is 6.00. The maximum atomic E-state index is 10.0. The molecule has 0 bridgehead atoms. The van der Waals surface area contributed by atoms with Gasteiger partial charge in [0.15, 0.2) is 12.2 Å². The molecular formula is C12H24O6Zn. The molecule has 0 aromatic rings. The zero-order chi connectivity index (χ0) is 14.9. The summed E-state index contributed by atoms with van der Waals surface area (Å²) in [5.41, 5.74) is 0. The van der Waals surface area contributed by atoms with Crippen LogP contribution in [0.25, 0.3) is 0 Å². The van der Waals surface area contributed by atoms with Crippen LogP contribution in [-0.4, -0.2) is 44.6 Å². The number of hydrogen-bond acceptors (Lipinski definition) is 4. The molecule has 4 atom stereocenters. The maximum absolute atomic E-state index is 10.0. The van der Waals surface area contributed by atoms with Gasteiger partial charge in [-0.1, -0.05) is 40.5 Å². The number of carboxylic acids is 2. The average Bonchev–Trinajstić information content (AvgIpc) is 2.35. The zero-order valence-corrected chi connectivity index (χ0v) is 15.0. The van der Waals surface area contributed by atoms with E-state index >= 15 is 0 Å². The van der Waals surface area contributed by atoms with Gasteiger partial charge < -0.3 is 20.4 Å². The van der Waals surface area contributed by atoms with Crippen molar-refractivity contribution in [2.24, 2.45) is 11.8 Å². The topological polar surface area (TPSA) is 115 Å². The molecule has 0 rings (SSSR count). The van der Waals surface area contributed by atoms with Crippen molar-refractivity contribution in [2.75, 3.05) is 0 Å². The van der Waals surface area contributed by atoms with E-state index in [-0.39, 0.29) is 31.3 Å². The summed E-state index contributed by atoms with van der Waals surface area (Å²) in [6.07, 6.45) is -1.02. The zero-order valence-electron chi connectivity index (χ0n) is 12.0. The van der Waals surface area contributed by atoms with Crippen LogP contribution in [-0.2, 0) is 29.1 Å². The van der Waals surface area contributed by atoms with Crippen molar-refractivity contribution < 1.29 is 49.5 Å². The fourth-order valence-electron chi connectivity index (χ4n) is 0.933. The van der Waals surface area contributed by atoms with E-state index in [0.717, 1.165) is 0 Å². The second-order valence-electron chi connectivity index (χ2n) is 4.34. The van der Waals surface area contributed by atoms with Crippen LogP contribution in [0.5, 0.6) is 0 Å². The minimum atomic E-state index is -1.20. The van der Waals surface area contributed by atoms with E-state index in [4.69, 9.17) is 20.4 Å².